The lowest BCUT2D eigenvalue weighted by atomic mass is 10.1. The minimum atomic E-state index is -0.568. The Bertz CT molecular complexity index is 646. The number of para-hydroxylation sites is 1. The summed E-state index contributed by atoms with van der Waals surface area (Å²) in [6.07, 6.45) is 0. The molecule has 1 atom stereocenters. The van der Waals surface area contributed by atoms with Crippen molar-refractivity contribution < 1.29 is 9.18 Å². The van der Waals surface area contributed by atoms with Gasteiger partial charge in [-0.05, 0) is 36.8 Å². The number of rotatable bonds is 4. The van der Waals surface area contributed by atoms with Crippen molar-refractivity contribution in [1.82, 2.24) is 5.32 Å². The normalized spacial score (nSPS) is 11.8. The van der Waals surface area contributed by atoms with Gasteiger partial charge in [-0.2, -0.15) is 0 Å². The highest BCUT2D eigenvalue weighted by molar-refractivity contribution is 9.10. The number of amides is 1. The third-order valence-electron chi connectivity index (χ3n) is 3.12. The van der Waals surface area contributed by atoms with E-state index in [4.69, 9.17) is 5.84 Å². The fraction of sp³-hybridized carbons (Fsp3) is 0.133. The first-order chi connectivity index (χ1) is 10.0. The summed E-state index contributed by atoms with van der Waals surface area (Å²) in [6, 6.07) is 11.6. The fourth-order valence-electron chi connectivity index (χ4n) is 1.97. The van der Waals surface area contributed by atoms with E-state index in [1.807, 2.05) is 31.2 Å². The van der Waals surface area contributed by atoms with Gasteiger partial charge in [-0.3, -0.25) is 10.6 Å². The van der Waals surface area contributed by atoms with Gasteiger partial charge in [0.15, 0.2) is 0 Å². The van der Waals surface area contributed by atoms with Gasteiger partial charge >= 0.3 is 0 Å². The van der Waals surface area contributed by atoms with E-state index in [0.29, 0.717) is 0 Å². The van der Waals surface area contributed by atoms with Gasteiger partial charge < -0.3 is 10.7 Å². The number of hydrogen-bond acceptors (Lipinski definition) is 3. The SMILES string of the molecule is CC(NC(=O)c1cccc(F)c1NN)c1ccc(Br)cc1. The van der Waals surface area contributed by atoms with Crippen LogP contribution in [0, 0.1) is 5.82 Å². The molecule has 1 unspecified atom stereocenters. The molecule has 2 aromatic carbocycles. The molecule has 6 heteroatoms. The van der Waals surface area contributed by atoms with Crippen LogP contribution in [0.5, 0.6) is 0 Å². The molecule has 0 aliphatic carbocycles. The van der Waals surface area contributed by atoms with Crippen molar-refractivity contribution in [3.8, 4) is 0 Å². The number of nitrogen functional groups attached to an aromatic ring is 1. The van der Waals surface area contributed by atoms with Crippen LogP contribution in [0.1, 0.15) is 28.9 Å². The third-order valence-corrected chi connectivity index (χ3v) is 3.65. The number of benzene rings is 2. The first-order valence-electron chi connectivity index (χ1n) is 6.34. The highest BCUT2D eigenvalue weighted by Crippen LogP contribution is 2.21. The third kappa shape index (κ3) is 3.59. The second kappa shape index (κ2) is 6.69. The van der Waals surface area contributed by atoms with Gasteiger partial charge in [0, 0.05) is 4.47 Å². The average molecular weight is 352 g/mol. The molecular weight excluding hydrogens is 337 g/mol. The standard InChI is InChI=1S/C15H15BrFN3O/c1-9(10-5-7-11(16)8-6-10)19-15(21)12-3-2-4-13(17)14(12)20-18/h2-9,20H,18H2,1H3,(H,19,21). The van der Waals surface area contributed by atoms with Gasteiger partial charge in [0.2, 0.25) is 0 Å². The van der Waals surface area contributed by atoms with Crippen LogP contribution in [0.25, 0.3) is 0 Å². The molecule has 0 heterocycles. The summed E-state index contributed by atoms with van der Waals surface area (Å²) < 4.78 is 14.6. The van der Waals surface area contributed by atoms with E-state index >= 15 is 0 Å². The van der Waals surface area contributed by atoms with Crippen LogP contribution in [0.2, 0.25) is 0 Å². The van der Waals surface area contributed by atoms with E-state index in [1.54, 1.807) is 0 Å². The van der Waals surface area contributed by atoms with Crippen molar-refractivity contribution in [1.29, 1.82) is 0 Å². The summed E-state index contributed by atoms with van der Waals surface area (Å²) in [5, 5.41) is 2.82. The van der Waals surface area contributed by atoms with Crippen LogP contribution in [-0.4, -0.2) is 5.91 Å². The predicted molar refractivity (Wildman–Crippen MR) is 84.2 cm³/mol. The highest BCUT2D eigenvalue weighted by atomic mass is 79.9. The van der Waals surface area contributed by atoms with Gasteiger partial charge in [0.05, 0.1) is 17.3 Å². The lowest BCUT2D eigenvalue weighted by Crippen LogP contribution is -2.28. The Morgan fingerprint density at radius 3 is 2.52 bits per heavy atom. The smallest absolute Gasteiger partial charge is 0.254 e. The topological polar surface area (TPSA) is 67.2 Å². The molecule has 4 N–H and O–H groups in total. The Morgan fingerprint density at radius 1 is 1.24 bits per heavy atom. The number of anilines is 1. The number of hydrazine groups is 1. The van der Waals surface area contributed by atoms with Crippen molar-refractivity contribution >= 4 is 27.5 Å². The second-order valence-electron chi connectivity index (χ2n) is 4.55. The van der Waals surface area contributed by atoms with Crippen molar-refractivity contribution in [3.63, 3.8) is 0 Å². The maximum Gasteiger partial charge on any atom is 0.254 e. The van der Waals surface area contributed by atoms with Crippen LogP contribution < -0.4 is 16.6 Å². The number of carbonyl (C=O) groups excluding carboxylic acids is 1. The monoisotopic (exact) mass is 351 g/mol. The molecule has 0 aliphatic heterocycles. The molecule has 0 saturated carbocycles. The summed E-state index contributed by atoms with van der Waals surface area (Å²) >= 11 is 3.36. The lowest BCUT2D eigenvalue weighted by Gasteiger charge is -2.16. The predicted octanol–water partition coefficient (Wildman–Crippen LogP) is 3.36. The van der Waals surface area contributed by atoms with Gasteiger partial charge in [-0.25, -0.2) is 4.39 Å². The molecular formula is C15H15BrFN3O. The zero-order valence-electron chi connectivity index (χ0n) is 11.4. The molecule has 2 rings (SSSR count). The molecule has 0 fully saturated rings. The van der Waals surface area contributed by atoms with E-state index in [2.05, 4.69) is 26.7 Å². The van der Waals surface area contributed by atoms with Crippen LogP contribution in [-0.2, 0) is 0 Å². The number of nitrogens with two attached hydrogens (primary N) is 1. The highest BCUT2D eigenvalue weighted by Gasteiger charge is 2.16. The zero-order chi connectivity index (χ0) is 15.4. The second-order valence-corrected chi connectivity index (χ2v) is 5.47. The molecule has 1 amide bonds. The summed E-state index contributed by atoms with van der Waals surface area (Å²) in [6.45, 7) is 1.86. The van der Waals surface area contributed by atoms with Crippen LogP contribution in [0.15, 0.2) is 46.9 Å². The van der Waals surface area contributed by atoms with Gasteiger partial charge in [-0.15, -0.1) is 0 Å². The van der Waals surface area contributed by atoms with Crippen molar-refractivity contribution in [2.75, 3.05) is 5.43 Å². The molecule has 2 aromatic rings. The molecule has 0 saturated heterocycles. The van der Waals surface area contributed by atoms with E-state index in [0.717, 1.165) is 10.0 Å². The van der Waals surface area contributed by atoms with Gasteiger partial charge in [-0.1, -0.05) is 34.1 Å². The Kier molecular flexibility index (Phi) is 4.93. The first-order valence-corrected chi connectivity index (χ1v) is 7.13. The maximum absolute atomic E-state index is 13.6. The van der Waals surface area contributed by atoms with Crippen molar-refractivity contribution in [2.24, 2.45) is 5.84 Å². The average Bonchev–Trinajstić information content (AvgIpc) is 2.47. The lowest BCUT2D eigenvalue weighted by molar-refractivity contribution is 0.0940. The van der Waals surface area contributed by atoms with Crippen LogP contribution >= 0.6 is 15.9 Å². The van der Waals surface area contributed by atoms with Crippen LogP contribution in [0.3, 0.4) is 0 Å². The first kappa shape index (κ1) is 15.5. The Labute approximate surface area is 130 Å². The number of carbonyl (C=O) groups is 1. The number of hydrogen-bond donors (Lipinski definition) is 3. The molecule has 0 aromatic heterocycles. The minimum absolute atomic E-state index is 0.0157. The molecule has 4 nitrogen and oxygen atoms in total. The maximum atomic E-state index is 13.6. The van der Waals surface area contributed by atoms with E-state index < -0.39 is 11.7 Å². The zero-order valence-corrected chi connectivity index (χ0v) is 12.9. The summed E-state index contributed by atoms with van der Waals surface area (Å²) in [5.41, 5.74) is 3.32. The van der Waals surface area contributed by atoms with E-state index in [9.17, 15) is 9.18 Å². The molecule has 0 radical (unpaired) electrons. The molecule has 0 aliphatic rings. The molecule has 21 heavy (non-hydrogen) atoms. The summed E-state index contributed by atoms with van der Waals surface area (Å²) in [4.78, 5) is 12.2. The molecule has 0 spiro atoms. The Hall–Kier alpha value is -1.92. The molecule has 0 bridgehead atoms. The van der Waals surface area contributed by atoms with E-state index in [1.165, 1.54) is 18.2 Å². The minimum Gasteiger partial charge on any atom is -0.345 e. The quantitative estimate of drug-likeness (QED) is 0.584. The van der Waals surface area contributed by atoms with E-state index in [-0.39, 0.29) is 17.3 Å². The summed E-state index contributed by atoms with van der Waals surface area (Å²) in [7, 11) is 0. The Balaban J connectivity index is 2.18. The summed E-state index contributed by atoms with van der Waals surface area (Å²) in [5.74, 6) is 4.31. The fourth-order valence-corrected chi connectivity index (χ4v) is 2.23. The van der Waals surface area contributed by atoms with Crippen molar-refractivity contribution in [2.45, 2.75) is 13.0 Å². The van der Waals surface area contributed by atoms with Crippen LogP contribution in [0.4, 0.5) is 10.1 Å². The Morgan fingerprint density at radius 2 is 1.90 bits per heavy atom. The largest absolute Gasteiger partial charge is 0.345 e. The van der Waals surface area contributed by atoms with Crippen molar-refractivity contribution in [3.05, 3.63) is 63.9 Å². The number of nitrogens with one attached hydrogen (secondary N) is 2. The molecule has 110 valence electrons. The number of halogens is 2. The van der Waals surface area contributed by atoms with Gasteiger partial charge in [0.25, 0.3) is 5.91 Å². The van der Waals surface area contributed by atoms with Gasteiger partial charge in [0.1, 0.15) is 5.82 Å².